The van der Waals surface area contributed by atoms with E-state index >= 15 is 0 Å². The van der Waals surface area contributed by atoms with Crippen LogP contribution in [0.4, 0.5) is 4.39 Å². The molecule has 0 saturated carbocycles. The molecule has 0 aliphatic heterocycles. The maximum Gasteiger partial charge on any atom is 0.417 e. The van der Waals surface area contributed by atoms with E-state index in [1.54, 1.807) is 18.2 Å². The Kier molecular flexibility index (Phi) is 4.60. The van der Waals surface area contributed by atoms with Gasteiger partial charge in [-0.05, 0) is 36.2 Å². The maximum atomic E-state index is 13.0. The van der Waals surface area contributed by atoms with Gasteiger partial charge in [-0.2, -0.15) is 0 Å². The zero-order valence-electron chi connectivity index (χ0n) is 12.7. The molecule has 3 aromatic rings. The molecule has 3 rings (SSSR count). The number of halogens is 1. The summed E-state index contributed by atoms with van der Waals surface area (Å²) in [6, 6.07) is 11.0. The molecule has 1 amide bonds. The number of ether oxygens (including phenoxy) is 1. The molecule has 0 atom stereocenters. The summed E-state index contributed by atoms with van der Waals surface area (Å²) < 4.78 is 23.2. The summed E-state index contributed by atoms with van der Waals surface area (Å²) in [4.78, 5) is 25.4. The summed E-state index contributed by atoms with van der Waals surface area (Å²) in [5.41, 5.74) is 2.05. The lowest BCUT2D eigenvalue weighted by Crippen LogP contribution is -2.30. The van der Waals surface area contributed by atoms with Gasteiger partial charge in [-0.3, -0.25) is 9.78 Å². The van der Waals surface area contributed by atoms with Gasteiger partial charge in [0.1, 0.15) is 11.6 Å². The topological polar surface area (TPSA) is 84.3 Å². The highest BCUT2D eigenvalue weighted by Crippen LogP contribution is 2.13. The molecule has 0 aliphatic rings. The fraction of sp³-hybridized carbons (Fsp3) is 0.176. The number of aromatic nitrogens is 1. The van der Waals surface area contributed by atoms with Gasteiger partial charge in [0.15, 0.2) is 12.2 Å². The number of aromatic amines is 1. The molecular weight excluding hydrogens is 315 g/mol. The van der Waals surface area contributed by atoms with Crippen LogP contribution in [0, 0.1) is 5.82 Å². The van der Waals surface area contributed by atoms with Crippen molar-refractivity contribution < 1.29 is 18.3 Å². The average Bonchev–Trinajstić information content (AvgIpc) is 2.92. The fourth-order valence-corrected chi connectivity index (χ4v) is 2.25. The summed E-state index contributed by atoms with van der Waals surface area (Å²) in [5, 5.41) is 2.71. The van der Waals surface area contributed by atoms with Crippen molar-refractivity contribution >= 4 is 17.0 Å². The van der Waals surface area contributed by atoms with Gasteiger partial charge in [0.25, 0.3) is 5.91 Å². The van der Waals surface area contributed by atoms with E-state index in [2.05, 4.69) is 10.3 Å². The van der Waals surface area contributed by atoms with Gasteiger partial charge in [0.2, 0.25) is 0 Å². The summed E-state index contributed by atoms with van der Waals surface area (Å²) in [6.45, 7) is 0.223. The number of carbonyl (C=O) groups excluding carboxylic acids is 1. The Bertz CT molecular complexity index is 916. The molecule has 0 aliphatic carbocycles. The van der Waals surface area contributed by atoms with Crippen LogP contribution in [0.2, 0.25) is 0 Å². The molecule has 0 spiro atoms. The second-order valence-corrected chi connectivity index (χ2v) is 5.19. The van der Waals surface area contributed by atoms with E-state index in [9.17, 15) is 14.0 Å². The van der Waals surface area contributed by atoms with Gasteiger partial charge in [-0.1, -0.05) is 12.1 Å². The number of hydrogen-bond donors (Lipinski definition) is 2. The molecule has 1 aromatic heterocycles. The number of hydrogen-bond acceptors (Lipinski definition) is 4. The van der Waals surface area contributed by atoms with E-state index in [4.69, 9.17) is 9.15 Å². The van der Waals surface area contributed by atoms with Crippen LogP contribution in [0.3, 0.4) is 0 Å². The van der Waals surface area contributed by atoms with E-state index in [1.807, 2.05) is 6.07 Å². The van der Waals surface area contributed by atoms with Crippen LogP contribution in [-0.2, 0) is 11.2 Å². The molecule has 1 heterocycles. The fourth-order valence-electron chi connectivity index (χ4n) is 2.25. The molecule has 6 nitrogen and oxygen atoms in total. The molecule has 2 aromatic carbocycles. The Morgan fingerprint density at radius 3 is 2.96 bits per heavy atom. The van der Waals surface area contributed by atoms with Crippen LogP contribution < -0.4 is 15.8 Å². The number of carbonyl (C=O) groups is 1. The number of rotatable bonds is 6. The first kappa shape index (κ1) is 15.8. The summed E-state index contributed by atoms with van der Waals surface area (Å²) in [7, 11) is 0. The quantitative estimate of drug-likeness (QED) is 0.724. The van der Waals surface area contributed by atoms with Crippen molar-refractivity contribution in [3.05, 3.63) is 64.4 Å². The molecule has 24 heavy (non-hydrogen) atoms. The second kappa shape index (κ2) is 6.99. The minimum atomic E-state index is -0.495. The maximum absolute atomic E-state index is 13.0. The highest BCUT2D eigenvalue weighted by molar-refractivity contribution is 5.77. The normalized spacial score (nSPS) is 10.7. The van der Waals surface area contributed by atoms with Gasteiger partial charge >= 0.3 is 5.76 Å². The number of amides is 1. The third-order valence-electron chi connectivity index (χ3n) is 3.39. The van der Waals surface area contributed by atoms with Crippen molar-refractivity contribution in [1.29, 1.82) is 0 Å². The number of fused-ring (bicyclic) bond motifs is 1. The van der Waals surface area contributed by atoms with E-state index in [0.717, 1.165) is 5.56 Å². The van der Waals surface area contributed by atoms with Gasteiger partial charge < -0.3 is 14.5 Å². The van der Waals surface area contributed by atoms with Gasteiger partial charge in [-0.25, -0.2) is 9.18 Å². The molecule has 0 radical (unpaired) electrons. The van der Waals surface area contributed by atoms with Crippen molar-refractivity contribution in [3.63, 3.8) is 0 Å². The van der Waals surface area contributed by atoms with Gasteiger partial charge in [0.05, 0.1) is 5.52 Å². The van der Waals surface area contributed by atoms with Crippen LogP contribution >= 0.6 is 0 Å². The van der Waals surface area contributed by atoms with Crippen molar-refractivity contribution in [3.8, 4) is 5.75 Å². The van der Waals surface area contributed by atoms with Crippen LogP contribution in [-0.4, -0.2) is 24.0 Å². The molecular formula is C17H15FN2O4. The predicted octanol–water partition coefficient (Wildman–Crippen LogP) is 2.00. The van der Waals surface area contributed by atoms with Crippen molar-refractivity contribution in [1.82, 2.24) is 10.3 Å². The smallest absolute Gasteiger partial charge is 0.417 e. The largest absolute Gasteiger partial charge is 0.484 e. The monoisotopic (exact) mass is 330 g/mol. The number of nitrogens with one attached hydrogen (secondary N) is 2. The minimum Gasteiger partial charge on any atom is -0.484 e. The van der Waals surface area contributed by atoms with Crippen LogP contribution in [0.5, 0.6) is 5.75 Å². The lowest BCUT2D eigenvalue weighted by atomic mass is 10.1. The molecule has 0 bridgehead atoms. The van der Waals surface area contributed by atoms with Crippen molar-refractivity contribution in [2.45, 2.75) is 6.42 Å². The van der Waals surface area contributed by atoms with E-state index in [1.165, 1.54) is 18.2 Å². The summed E-state index contributed by atoms with van der Waals surface area (Å²) >= 11 is 0. The highest BCUT2D eigenvalue weighted by atomic mass is 19.1. The highest BCUT2D eigenvalue weighted by Gasteiger charge is 2.05. The third kappa shape index (κ3) is 4.01. The lowest BCUT2D eigenvalue weighted by Gasteiger charge is -2.07. The van der Waals surface area contributed by atoms with Crippen LogP contribution in [0.25, 0.3) is 11.1 Å². The standard InChI is InChI=1S/C17H15FN2O4/c18-12-2-1-3-13(9-12)23-10-16(21)19-7-6-11-4-5-14-15(8-11)24-17(22)20-14/h1-5,8-9H,6-7,10H2,(H,19,21)(H,20,22). The predicted molar refractivity (Wildman–Crippen MR) is 85.4 cm³/mol. The third-order valence-corrected chi connectivity index (χ3v) is 3.39. The second-order valence-electron chi connectivity index (χ2n) is 5.19. The van der Waals surface area contributed by atoms with Crippen LogP contribution in [0.15, 0.2) is 51.7 Å². The van der Waals surface area contributed by atoms with E-state index in [-0.39, 0.29) is 12.5 Å². The van der Waals surface area contributed by atoms with Gasteiger partial charge in [0, 0.05) is 12.6 Å². The van der Waals surface area contributed by atoms with E-state index in [0.29, 0.717) is 29.8 Å². The average molecular weight is 330 g/mol. The van der Waals surface area contributed by atoms with E-state index < -0.39 is 11.6 Å². The first-order chi connectivity index (χ1) is 11.6. The minimum absolute atomic E-state index is 0.185. The number of oxazole rings is 1. The molecule has 124 valence electrons. The number of H-pyrrole nitrogens is 1. The van der Waals surface area contributed by atoms with Crippen LogP contribution in [0.1, 0.15) is 5.56 Å². The van der Waals surface area contributed by atoms with Crippen molar-refractivity contribution in [2.75, 3.05) is 13.2 Å². The summed E-state index contributed by atoms with van der Waals surface area (Å²) in [5.74, 6) is -0.906. The lowest BCUT2D eigenvalue weighted by molar-refractivity contribution is -0.123. The first-order valence-electron chi connectivity index (χ1n) is 7.37. The van der Waals surface area contributed by atoms with Crippen molar-refractivity contribution in [2.24, 2.45) is 0 Å². The zero-order chi connectivity index (χ0) is 16.9. The Balaban J connectivity index is 1.46. The zero-order valence-corrected chi connectivity index (χ0v) is 12.7. The molecule has 0 unspecified atom stereocenters. The molecule has 0 saturated heterocycles. The molecule has 7 heteroatoms. The molecule has 0 fully saturated rings. The Morgan fingerprint density at radius 2 is 2.12 bits per heavy atom. The first-order valence-corrected chi connectivity index (χ1v) is 7.37. The Labute approximate surface area is 136 Å². The molecule has 2 N–H and O–H groups in total. The SMILES string of the molecule is O=C(COc1cccc(F)c1)NCCc1ccc2[nH]c(=O)oc2c1. The Hall–Kier alpha value is -3.09. The number of benzene rings is 2. The summed E-state index contributed by atoms with van der Waals surface area (Å²) in [6.07, 6.45) is 0.580. The Morgan fingerprint density at radius 1 is 1.25 bits per heavy atom. The van der Waals surface area contributed by atoms with Gasteiger partial charge in [-0.15, -0.1) is 0 Å².